The molecule has 0 aliphatic heterocycles. The van der Waals surface area contributed by atoms with Crippen molar-refractivity contribution in [2.45, 2.75) is 25.9 Å². The molecule has 0 saturated carbocycles. The summed E-state index contributed by atoms with van der Waals surface area (Å²) < 4.78 is 0. The van der Waals surface area contributed by atoms with Crippen LogP contribution in [0.4, 0.5) is 0 Å². The molecule has 0 bridgehead atoms. The molecule has 1 rings (SSSR count). The number of terminal acetylenes is 1. The molecule has 0 saturated heterocycles. The van der Waals surface area contributed by atoms with Crippen molar-refractivity contribution in [1.29, 1.82) is 0 Å². The van der Waals surface area contributed by atoms with Crippen molar-refractivity contribution in [3.8, 4) is 12.3 Å². The van der Waals surface area contributed by atoms with Gasteiger partial charge in [-0.05, 0) is 25.0 Å². The Hall–Kier alpha value is -1.33. The number of aryl methyl sites for hydroxylation is 1. The van der Waals surface area contributed by atoms with Gasteiger partial charge in [-0.1, -0.05) is 6.07 Å². The quantitative estimate of drug-likeness (QED) is 0.711. The van der Waals surface area contributed by atoms with Crippen molar-refractivity contribution in [2.24, 2.45) is 0 Å². The molecule has 68 valence electrons. The highest BCUT2D eigenvalue weighted by Crippen LogP contribution is 2.16. The molecule has 2 heteroatoms. The van der Waals surface area contributed by atoms with Gasteiger partial charge in [0.15, 0.2) is 0 Å². The summed E-state index contributed by atoms with van der Waals surface area (Å²) in [7, 11) is 0. The fourth-order valence-electron chi connectivity index (χ4n) is 1.06. The summed E-state index contributed by atoms with van der Waals surface area (Å²) >= 11 is 0. The first-order chi connectivity index (χ1) is 6.24. The van der Waals surface area contributed by atoms with Crippen LogP contribution in [0, 0.1) is 19.3 Å². The van der Waals surface area contributed by atoms with E-state index in [2.05, 4.69) is 10.9 Å². The van der Waals surface area contributed by atoms with Gasteiger partial charge in [0.1, 0.15) is 0 Å². The predicted octanol–water partition coefficient (Wildman–Crippen LogP) is 1.84. The molecular formula is C11H13NO. The second-order valence-electron chi connectivity index (χ2n) is 2.99. The molecule has 1 aromatic rings. The molecule has 0 aromatic carbocycles. The standard InChI is InChI=1S/C11H13NO/c1-3-4-5-11(13)10-7-6-9(2)12-8-10/h1,6-8,11,13H,4-5H2,2H3. The minimum Gasteiger partial charge on any atom is -0.388 e. The van der Waals surface area contributed by atoms with E-state index in [4.69, 9.17) is 6.42 Å². The average molecular weight is 175 g/mol. The van der Waals surface area contributed by atoms with Gasteiger partial charge in [0.05, 0.1) is 6.10 Å². The maximum atomic E-state index is 9.61. The molecule has 0 aliphatic carbocycles. The molecule has 2 nitrogen and oxygen atoms in total. The van der Waals surface area contributed by atoms with Crippen LogP contribution in [-0.2, 0) is 0 Å². The van der Waals surface area contributed by atoms with Crippen LogP contribution in [0.25, 0.3) is 0 Å². The van der Waals surface area contributed by atoms with Crippen LogP contribution < -0.4 is 0 Å². The Morgan fingerprint density at radius 3 is 2.92 bits per heavy atom. The summed E-state index contributed by atoms with van der Waals surface area (Å²) in [5.74, 6) is 2.50. The van der Waals surface area contributed by atoms with E-state index in [0.29, 0.717) is 12.8 Å². The monoisotopic (exact) mass is 175 g/mol. The van der Waals surface area contributed by atoms with Gasteiger partial charge >= 0.3 is 0 Å². The van der Waals surface area contributed by atoms with Crippen LogP contribution in [0.1, 0.15) is 30.2 Å². The van der Waals surface area contributed by atoms with Crippen molar-refractivity contribution in [3.05, 3.63) is 29.6 Å². The lowest BCUT2D eigenvalue weighted by Gasteiger charge is -2.08. The summed E-state index contributed by atoms with van der Waals surface area (Å²) in [4.78, 5) is 4.10. The van der Waals surface area contributed by atoms with E-state index < -0.39 is 6.10 Å². The van der Waals surface area contributed by atoms with Gasteiger partial charge in [-0.3, -0.25) is 4.98 Å². The van der Waals surface area contributed by atoms with E-state index >= 15 is 0 Å². The van der Waals surface area contributed by atoms with Crippen LogP contribution in [0.5, 0.6) is 0 Å². The molecule has 1 N–H and O–H groups in total. The van der Waals surface area contributed by atoms with Crippen LogP contribution >= 0.6 is 0 Å². The fourth-order valence-corrected chi connectivity index (χ4v) is 1.06. The maximum absolute atomic E-state index is 9.61. The number of hydrogen-bond donors (Lipinski definition) is 1. The number of aliphatic hydroxyl groups is 1. The Balaban J connectivity index is 2.62. The summed E-state index contributed by atoms with van der Waals surface area (Å²) in [6.45, 7) is 1.91. The van der Waals surface area contributed by atoms with Crippen molar-refractivity contribution >= 4 is 0 Å². The minimum absolute atomic E-state index is 0.482. The number of aliphatic hydroxyl groups excluding tert-OH is 1. The van der Waals surface area contributed by atoms with E-state index in [1.165, 1.54) is 0 Å². The molecule has 13 heavy (non-hydrogen) atoms. The van der Waals surface area contributed by atoms with Gasteiger partial charge in [0.25, 0.3) is 0 Å². The number of rotatable bonds is 3. The highest BCUT2D eigenvalue weighted by atomic mass is 16.3. The van der Waals surface area contributed by atoms with Gasteiger partial charge in [0.2, 0.25) is 0 Å². The Morgan fingerprint density at radius 1 is 1.62 bits per heavy atom. The van der Waals surface area contributed by atoms with Crippen molar-refractivity contribution in [1.82, 2.24) is 4.98 Å². The van der Waals surface area contributed by atoms with Gasteiger partial charge in [-0.15, -0.1) is 12.3 Å². The van der Waals surface area contributed by atoms with Crippen molar-refractivity contribution in [2.75, 3.05) is 0 Å². The predicted molar refractivity (Wildman–Crippen MR) is 52.0 cm³/mol. The Kier molecular flexibility index (Phi) is 3.48. The normalized spacial score (nSPS) is 12.1. The molecule has 1 atom stereocenters. The molecule has 0 amide bonds. The van der Waals surface area contributed by atoms with Crippen molar-refractivity contribution < 1.29 is 5.11 Å². The molecule has 1 unspecified atom stereocenters. The lowest BCUT2D eigenvalue weighted by atomic mass is 10.1. The maximum Gasteiger partial charge on any atom is 0.0814 e. The third-order valence-electron chi connectivity index (χ3n) is 1.88. The molecular weight excluding hydrogens is 162 g/mol. The first-order valence-electron chi connectivity index (χ1n) is 4.28. The smallest absolute Gasteiger partial charge is 0.0814 e. The Bertz CT molecular complexity index is 297. The van der Waals surface area contributed by atoms with E-state index in [0.717, 1.165) is 11.3 Å². The zero-order valence-electron chi connectivity index (χ0n) is 7.70. The zero-order chi connectivity index (χ0) is 9.68. The summed E-state index contributed by atoms with van der Waals surface area (Å²) in [6.07, 6.45) is 7.50. The van der Waals surface area contributed by atoms with E-state index in [1.807, 2.05) is 19.1 Å². The fraction of sp³-hybridized carbons (Fsp3) is 0.364. The lowest BCUT2D eigenvalue weighted by Crippen LogP contribution is -1.97. The van der Waals surface area contributed by atoms with Crippen LogP contribution in [0.3, 0.4) is 0 Å². The Labute approximate surface area is 78.6 Å². The number of aromatic nitrogens is 1. The summed E-state index contributed by atoms with van der Waals surface area (Å²) in [5.41, 5.74) is 1.79. The van der Waals surface area contributed by atoms with Gasteiger partial charge < -0.3 is 5.11 Å². The van der Waals surface area contributed by atoms with Crippen molar-refractivity contribution in [3.63, 3.8) is 0 Å². The first-order valence-corrected chi connectivity index (χ1v) is 4.28. The molecule has 0 aliphatic rings. The van der Waals surface area contributed by atoms with E-state index in [9.17, 15) is 5.11 Å². The molecule has 1 heterocycles. The Morgan fingerprint density at radius 2 is 2.38 bits per heavy atom. The zero-order valence-corrected chi connectivity index (χ0v) is 7.70. The molecule has 0 spiro atoms. The third kappa shape index (κ3) is 2.89. The highest BCUT2D eigenvalue weighted by molar-refractivity contribution is 5.15. The number of pyridine rings is 1. The summed E-state index contributed by atoms with van der Waals surface area (Å²) in [5, 5.41) is 9.61. The lowest BCUT2D eigenvalue weighted by molar-refractivity contribution is 0.169. The van der Waals surface area contributed by atoms with E-state index in [1.54, 1.807) is 6.20 Å². The SMILES string of the molecule is C#CCCC(O)c1ccc(C)nc1. The van der Waals surface area contributed by atoms with Gasteiger partial charge in [-0.2, -0.15) is 0 Å². The molecule has 0 radical (unpaired) electrons. The average Bonchev–Trinajstić information content (AvgIpc) is 2.15. The largest absolute Gasteiger partial charge is 0.388 e. The second-order valence-corrected chi connectivity index (χ2v) is 2.99. The van der Waals surface area contributed by atoms with E-state index in [-0.39, 0.29) is 0 Å². The van der Waals surface area contributed by atoms with Crippen LogP contribution in [0.15, 0.2) is 18.3 Å². The number of hydrogen-bond acceptors (Lipinski definition) is 2. The third-order valence-corrected chi connectivity index (χ3v) is 1.88. The second kappa shape index (κ2) is 4.64. The van der Waals surface area contributed by atoms with Crippen LogP contribution in [0.2, 0.25) is 0 Å². The van der Waals surface area contributed by atoms with Crippen LogP contribution in [-0.4, -0.2) is 10.1 Å². The number of nitrogens with zero attached hydrogens (tertiary/aromatic N) is 1. The van der Waals surface area contributed by atoms with Gasteiger partial charge in [0, 0.05) is 18.3 Å². The first kappa shape index (κ1) is 9.76. The molecule has 0 fully saturated rings. The minimum atomic E-state index is -0.482. The topological polar surface area (TPSA) is 33.1 Å². The van der Waals surface area contributed by atoms with Gasteiger partial charge in [-0.25, -0.2) is 0 Å². The molecule has 1 aromatic heterocycles. The summed E-state index contributed by atoms with van der Waals surface area (Å²) in [6, 6.07) is 3.76. The highest BCUT2D eigenvalue weighted by Gasteiger charge is 2.05.